The van der Waals surface area contributed by atoms with Gasteiger partial charge in [-0.25, -0.2) is 4.98 Å². The monoisotopic (exact) mass is 183 g/mol. The molecular weight excluding hydrogens is 174 g/mol. The topological polar surface area (TPSA) is 39.4 Å². The molecule has 1 aromatic rings. The second-order valence-electron chi connectivity index (χ2n) is 2.12. The molecule has 1 aromatic heterocycles. The van der Waals surface area contributed by atoms with Gasteiger partial charge in [0.2, 0.25) is 5.95 Å². The van der Waals surface area contributed by atoms with Gasteiger partial charge in [-0.3, -0.25) is 0 Å². The van der Waals surface area contributed by atoms with Crippen LogP contribution >= 0.6 is 12.2 Å². The van der Waals surface area contributed by atoms with Crippen LogP contribution in [0.4, 0.5) is 5.95 Å². The van der Waals surface area contributed by atoms with Crippen molar-refractivity contribution in [2.24, 2.45) is 4.99 Å². The molecule has 0 atom stereocenters. The van der Waals surface area contributed by atoms with Crippen molar-refractivity contribution in [2.75, 3.05) is 13.7 Å². The number of imidazole rings is 1. The van der Waals surface area contributed by atoms with Crippen LogP contribution < -0.4 is 0 Å². The van der Waals surface area contributed by atoms with E-state index >= 15 is 0 Å². The molecule has 0 saturated heterocycles. The van der Waals surface area contributed by atoms with Crippen molar-refractivity contribution < 1.29 is 4.74 Å². The Morgan fingerprint density at radius 2 is 2.67 bits per heavy atom. The number of hydrogen-bond donors (Lipinski definition) is 0. The minimum Gasteiger partial charge on any atom is -0.383 e. The van der Waals surface area contributed by atoms with E-state index in [0.29, 0.717) is 12.6 Å². The summed E-state index contributed by atoms with van der Waals surface area (Å²) in [7, 11) is 1.65. The van der Waals surface area contributed by atoms with Crippen molar-refractivity contribution in [2.45, 2.75) is 6.54 Å². The van der Waals surface area contributed by atoms with Crippen molar-refractivity contribution >= 4 is 23.3 Å². The normalized spacial score (nSPS) is 9.42. The molecule has 0 aliphatic heterocycles. The third kappa shape index (κ3) is 2.23. The molecular formula is C7H9N3OS. The number of methoxy groups -OCH3 is 1. The Labute approximate surface area is 75.9 Å². The van der Waals surface area contributed by atoms with Crippen molar-refractivity contribution in [1.29, 1.82) is 0 Å². The highest BCUT2D eigenvalue weighted by atomic mass is 32.1. The van der Waals surface area contributed by atoms with E-state index in [1.165, 1.54) is 0 Å². The van der Waals surface area contributed by atoms with Gasteiger partial charge in [0.25, 0.3) is 0 Å². The fourth-order valence-electron chi connectivity index (χ4n) is 0.819. The maximum Gasteiger partial charge on any atom is 0.238 e. The van der Waals surface area contributed by atoms with Crippen LogP contribution in [0.25, 0.3) is 0 Å². The molecule has 0 saturated carbocycles. The van der Waals surface area contributed by atoms with Crippen LogP contribution in [0.1, 0.15) is 0 Å². The van der Waals surface area contributed by atoms with Crippen molar-refractivity contribution in [1.82, 2.24) is 9.55 Å². The Balaban J connectivity index is 2.70. The molecule has 5 heteroatoms. The highest BCUT2D eigenvalue weighted by molar-refractivity contribution is 7.78. The van der Waals surface area contributed by atoms with Gasteiger partial charge < -0.3 is 9.30 Å². The lowest BCUT2D eigenvalue weighted by Crippen LogP contribution is -2.02. The van der Waals surface area contributed by atoms with Crippen LogP contribution in [-0.4, -0.2) is 28.4 Å². The summed E-state index contributed by atoms with van der Waals surface area (Å²) >= 11 is 4.47. The Morgan fingerprint density at radius 1 is 1.83 bits per heavy atom. The van der Waals surface area contributed by atoms with Crippen LogP contribution in [0.5, 0.6) is 0 Å². The van der Waals surface area contributed by atoms with E-state index in [1.807, 2.05) is 10.8 Å². The van der Waals surface area contributed by atoms with E-state index in [2.05, 4.69) is 27.4 Å². The predicted octanol–water partition coefficient (Wildman–Crippen LogP) is 1.26. The van der Waals surface area contributed by atoms with Crippen molar-refractivity contribution in [3.8, 4) is 0 Å². The molecule has 0 radical (unpaired) electrons. The van der Waals surface area contributed by atoms with Gasteiger partial charge in [-0.05, 0) is 12.2 Å². The first-order valence-corrected chi connectivity index (χ1v) is 3.87. The largest absolute Gasteiger partial charge is 0.383 e. The third-order valence-corrected chi connectivity index (χ3v) is 1.47. The molecule has 0 spiro atoms. The summed E-state index contributed by atoms with van der Waals surface area (Å²) in [5.41, 5.74) is 0. The quantitative estimate of drug-likeness (QED) is 0.521. The minimum absolute atomic E-state index is 0.571. The average Bonchev–Trinajstić information content (AvgIpc) is 2.50. The summed E-state index contributed by atoms with van der Waals surface area (Å²) in [6.45, 7) is 1.36. The molecule has 0 fully saturated rings. The molecule has 0 N–H and O–H groups in total. The summed E-state index contributed by atoms with van der Waals surface area (Å²) in [6.07, 6.45) is 3.49. The maximum atomic E-state index is 4.91. The lowest BCUT2D eigenvalue weighted by Gasteiger charge is -2.01. The van der Waals surface area contributed by atoms with Crippen LogP contribution in [0, 0.1) is 0 Å². The number of ether oxygens (including phenoxy) is 1. The van der Waals surface area contributed by atoms with E-state index in [1.54, 1.807) is 13.3 Å². The first kappa shape index (κ1) is 9.06. The van der Waals surface area contributed by atoms with E-state index in [0.717, 1.165) is 6.54 Å². The van der Waals surface area contributed by atoms with E-state index in [-0.39, 0.29) is 0 Å². The average molecular weight is 183 g/mol. The van der Waals surface area contributed by atoms with Crippen LogP contribution in [-0.2, 0) is 11.3 Å². The van der Waals surface area contributed by atoms with Gasteiger partial charge >= 0.3 is 0 Å². The lowest BCUT2D eigenvalue weighted by molar-refractivity contribution is 0.187. The third-order valence-electron chi connectivity index (χ3n) is 1.38. The maximum absolute atomic E-state index is 4.91. The molecule has 1 rings (SSSR count). The standard InChI is InChI=1S/C7H9N3OS/c1-11-5-4-10-3-2-8-7(10)9-6-12/h2-3H,4-5H2,1H3. The molecule has 0 aliphatic rings. The highest BCUT2D eigenvalue weighted by Crippen LogP contribution is 2.06. The number of aromatic nitrogens is 2. The van der Waals surface area contributed by atoms with E-state index < -0.39 is 0 Å². The fraction of sp³-hybridized carbons (Fsp3) is 0.429. The van der Waals surface area contributed by atoms with Gasteiger partial charge in [-0.15, -0.1) is 0 Å². The van der Waals surface area contributed by atoms with E-state index in [4.69, 9.17) is 4.74 Å². The number of hydrogen-bond acceptors (Lipinski definition) is 4. The van der Waals surface area contributed by atoms with Gasteiger partial charge in [0.1, 0.15) is 0 Å². The van der Waals surface area contributed by atoms with Crippen LogP contribution in [0.3, 0.4) is 0 Å². The zero-order valence-electron chi connectivity index (χ0n) is 6.73. The highest BCUT2D eigenvalue weighted by Gasteiger charge is 1.98. The molecule has 4 nitrogen and oxygen atoms in total. The second kappa shape index (κ2) is 4.77. The number of aliphatic imine (C=N–C) groups is 1. The zero-order chi connectivity index (χ0) is 8.81. The predicted molar refractivity (Wildman–Crippen MR) is 48.8 cm³/mol. The molecule has 0 aliphatic carbocycles. The lowest BCUT2D eigenvalue weighted by atomic mass is 10.6. The summed E-state index contributed by atoms with van der Waals surface area (Å²) in [4.78, 5) is 7.75. The van der Waals surface area contributed by atoms with Gasteiger partial charge in [0, 0.05) is 26.0 Å². The summed E-state index contributed by atoms with van der Waals surface area (Å²) in [6, 6.07) is 0. The van der Waals surface area contributed by atoms with Crippen molar-refractivity contribution in [3.63, 3.8) is 0 Å². The molecule has 12 heavy (non-hydrogen) atoms. The van der Waals surface area contributed by atoms with Gasteiger partial charge in [0.05, 0.1) is 11.8 Å². The Kier molecular flexibility index (Phi) is 3.60. The van der Waals surface area contributed by atoms with Crippen LogP contribution in [0.2, 0.25) is 0 Å². The number of thiocarbonyl (C=S) groups is 1. The van der Waals surface area contributed by atoms with Gasteiger partial charge in [-0.1, -0.05) is 0 Å². The second-order valence-corrected chi connectivity index (χ2v) is 2.30. The van der Waals surface area contributed by atoms with Crippen LogP contribution in [0.15, 0.2) is 17.4 Å². The SMILES string of the molecule is COCCn1ccnc1N=C=S. The van der Waals surface area contributed by atoms with E-state index in [9.17, 15) is 0 Å². The van der Waals surface area contributed by atoms with Crippen molar-refractivity contribution in [3.05, 3.63) is 12.4 Å². The summed E-state index contributed by atoms with van der Waals surface area (Å²) in [5, 5.41) is 2.27. The zero-order valence-corrected chi connectivity index (χ0v) is 7.54. The number of rotatable bonds is 4. The molecule has 0 amide bonds. The molecule has 0 bridgehead atoms. The van der Waals surface area contributed by atoms with Gasteiger partial charge in [0.15, 0.2) is 0 Å². The molecule has 64 valence electrons. The minimum atomic E-state index is 0.571. The first-order valence-electron chi connectivity index (χ1n) is 3.46. The number of isothiocyanates is 1. The molecule has 0 aromatic carbocycles. The van der Waals surface area contributed by atoms with Gasteiger partial charge in [-0.2, -0.15) is 4.99 Å². The summed E-state index contributed by atoms with van der Waals surface area (Å²) < 4.78 is 6.76. The smallest absolute Gasteiger partial charge is 0.238 e. The Bertz CT molecular complexity index is 291. The first-order chi connectivity index (χ1) is 5.88. The Morgan fingerprint density at radius 3 is 3.33 bits per heavy atom. The number of nitrogens with zero attached hydrogens (tertiary/aromatic N) is 3. The fourth-order valence-corrected chi connectivity index (χ4v) is 0.901. The Hall–Kier alpha value is -1.03. The summed E-state index contributed by atoms with van der Waals surface area (Å²) in [5.74, 6) is 0.571. The molecule has 0 unspecified atom stereocenters. The molecule has 1 heterocycles.